The summed E-state index contributed by atoms with van der Waals surface area (Å²) in [6, 6.07) is 22.8. The maximum atomic E-state index is 6.80. The predicted octanol–water partition coefficient (Wildman–Crippen LogP) is 6.98. The smallest absolute Gasteiger partial charge is 0.161 e. The summed E-state index contributed by atoms with van der Waals surface area (Å²) in [5, 5.41) is 0.521. The van der Waals surface area contributed by atoms with Crippen molar-refractivity contribution in [2.24, 2.45) is 7.05 Å². The Labute approximate surface area is 229 Å². The van der Waals surface area contributed by atoms with Crippen molar-refractivity contribution in [2.45, 2.75) is 39.9 Å². The van der Waals surface area contributed by atoms with E-state index >= 15 is 0 Å². The third kappa shape index (κ3) is 5.52. The average molecular weight is 532 g/mol. The summed E-state index contributed by atoms with van der Waals surface area (Å²) in [4.78, 5) is 7.18. The van der Waals surface area contributed by atoms with E-state index in [2.05, 4.69) is 59.7 Å². The number of benzene rings is 3. The molecule has 5 rings (SSSR count). The molecular formula is C31H34ClN3O3. The number of nitrogens with zero attached hydrogens (tertiary/aromatic N) is 3. The van der Waals surface area contributed by atoms with Crippen LogP contribution in [0.5, 0.6) is 17.2 Å². The van der Waals surface area contributed by atoms with Crippen LogP contribution in [0.15, 0.2) is 66.7 Å². The zero-order chi connectivity index (χ0) is 26.6. The Bertz CT molecular complexity index is 1420. The van der Waals surface area contributed by atoms with Crippen LogP contribution in [0.1, 0.15) is 42.3 Å². The van der Waals surface area contributed by atoms with E-state index in [0.717, 1.165) is 51.0 Å². The molecule has 0 fully saturated rings. The van der Waals surface area contributed by atoms with E-state index in [1.54, 1.807) is 0 Å². The van der Waals surface area contributed by atoms with Gasteiger partial charge >= 0.3 is 0 Å². The van der Waals surface area contributed by atoms with Crippen molar-refractivity contribution in [1.82, 2.24) is 14.5 Å². The summed E-state index contributed by atoms with van der Waals surface area (Å²) >= 11 is 6.80. The van der Waals surface area contributed by atoms with Gasteiger partial charge in [-0.25, -0.2) is 4.98 Å². The summed E-state index contributed by atoms with van der Waals surface area (Å²) in [6.07, 6.45) is 0. The van der Waals surface area contributed by atoms with Crippen LogP contribution in [0.3, 0.4) is 0 Å². The van der Waals surface area contributed by atoms with Gasteiger partial charge < -0.3 is 18.8 Å². The molecule has 4 aromatic rings. The van der Waals surface area contributed by atoms with E-state index in [0.29, 0.717) is 38.1 Å². The van der Waals surface area contributed by atoms with E-state index < -0.39 is 0 Å². The van der Waals surface area contributed by atoms with Crippen LogP contribution in [0, 0.1) is 6.92 Å². The minimum atomic E-state index is 0.0643. The lowest BCUT2D eigenvalue weighted by Crippen LogP contribution is -2.27. The van der Waals surface area contributed by atoms with Gasteiger partial charge in [0.2, 0.25) is 0 Å². The van der Waals surface area contributed by atoms with E-state index in [-0.39, 0.29) is 6.04 Å². The van der Waals surface area contributed by atoms with Crippen LogP contribution in [0.4, 0.5) is 0 Å². The zero-order valence-electron chi connectivity index (χ0n) is 22.4. The van der Waals surface area contributed by atoms with Crippen molar-refractivity contribution < 1.29 is 14.2 Å². The van der Waals surface area contributed by atoms with Crippen LogP contribution >= 0.6 is 11.6 Å². The molecule has 0 saturated carbocycles. The largest absolute Gasteiger partial charge is 0.494 e. The molecule has 1 aliphatic heterocycles. The molecule has 198 valence electrons. The molecule has 0 saturated heterocycles. The number of fused-ring (bicyclic) bond motifs is 1. The Morgan fingerprint density at radius 3 is 2.58 bits per heavy atom. The summed E-state index contributed by atoms with van der Waals surface area (Å²) in [6.45, 7) is 9.40. The molecule has 0 N–H and O–H groups in total. The van der Waals surface area contributed by atoms with Crippen molar-refractivity contribution in [2.75, 3.05) is 19.8 Å². The molecule has 0 radical (unpaired) electrons. The molecule has 7 heteroatoms. The van der Waals surface area contributed by atoms with Crippen molar-refractivity contribution >= 4 is 11.6 Å². The highest BCUT2D eigenvalue weighted by Crippen LogP contribution is 2.36. The number of aromatic nitrogens is 2. The Balaban J connectivity index is 1.50. The van der Waals surface area contributed by atoms with Crippen molar-refractivity contribution in [3.05, 3.63) is 94.3 Å². The monoisotopic (exact) mass is 531 g/mol. The standard InChI is InChI=1S/C31H34ClN3O3/c1-5-36-25-11-8-10-23(17-25)19-35(22(3)24-13-14-28-29(18-24)38-16-15-37-28)20-27-30(32)33-31(34(27)4)26-12-7-6-9-21(26)2/h6-14,17-18,22H,5,15-16,19-20H2,1-4H3. The fourth-order valence-electron chi connectivity index (χ4n) is 4.92. The lowest BCUT2D eigenvalue weighted by Gasteiger charge is -2.31. The maximum Gasteiger partial charge on any atom is 0.161 e. The van der Waals surface area contributed by atoms with Gasteiger partial charge in [0, 0.05) is 31.7 Å². The van der Waals surface area contributed by atoms with E-state index in [4.69, 9.17) is 30.8 Å². The summed E-state index contributed by atoms with van der Waals surface area (Å²) < 4.78 is 19.5. The Morgan fingerprint density at radius 2 is 1.79 bits per heavy atom. The molecule has 0 aliphatic carbocycles. The highest BCUT2D eigenvalue weighted by molar-refractivity contribution is 6.30. The van der Waals surface area contributed by atoms with Crippen LogP contribution in [0.25, 0.3) is 11.4 Å². The molecule has 1 atom stereocenters. The molecule has 1 aliphatic rings. The molecule has 0 spiro atoms. The number of ether oxygens (including phenoxy) is 3. The topological polar surface area (TPSA) is 48.8 Å². The van der Waals surface area contributed by atoms with Crippen molar-refractivity contribution in [1.29, 1.82) is 0 Å². The molecule has 0 amide bonds. The minimum Gasteiger partial charge on any atom is -0.494 e. The van der Waals surface area contributed by atoms with Gasteiger partial charge in [0.05, 0.1) is 12.3 Å². The van der Waals surface area contributed by atoms with Gasteiger partial charge in [-0.2, -0.15) is 0 Å². The molecule has 0 bridgehead atoms. The second-order valence-electron chi connectivity index (χ2n) is 9.61. The first-order valence-corrected chi connectivity index (χ1v) is 13.4. The normalized spacial score (nSPS) is 13.5. The average Bonchev–Trinajstić information content (AvgIpc) is 3.21. The third-order valence-electron chi connectivity index (χ3n) is 7.10. The van der Waals surface area contributed by atoms with E-state index in [9.17, 15) is 0 Å². The first-order chi connectivity index (χ1) is 18.4. The predicted molar refractivity (Wildman–Crippen MR) is 151 cm³/mol. The van der Waals surface area contributed by atoms with Gasteiger partial charge in [-0.15, -0.1) is 0 Å². The quantitative estimate of drug-likeness (QED) is 0.233. The molecular weight excluding hydrogens is 498 g/mol. The number of aryl methyl sites for hydroxylation is 1. The summed E-state index contributed by atoms with van der Waals surface area (Å²) in [7, 11) is 2.04. The Hall–Kier alpha value is -3.48. The number of rotatable bonds is 9. The fourth-order valence-corrected chi connectivity index (χ4v) is 5.19. The minimum absolute atomic E-state index is 0.0643. The molecule has 1 aromatic heterocycles. The van der Waals surface area contributed by atoms with Crippen molar-refractivity contribution in [3.8, 4) is 28.6 Å². The summed E-state index contributed by atoms with van der Waals surface area (Å²) in [5.74, 6) is 3.32. The molecule has 38 heavy (non-hydrogen) atoms. The third-order valence-corrected chi connectivity index (χ3v) is 7.40. The first kappa shape index (κ1) is 26.1. The maximum absolute atomic E-state index is 6.80. The highest BCUT2D eigenvalue weighted by atomic mass is 35.5. The Morgan fingerprint density at radius 1 is 1.00 bits per heavy atom. The molecule has 3 aromatic carbocycles. The van der Waals surface area contributed by atoms with Crippen LogP contribution in [0.2, 0.25) is 5.15 Å². The van der Waals surface area contributed by atoms with E-state index in [1.807, 2.05) is 44.3 Å². The van der Waals surface area contributed by atoms with Gasteiger partial charge in [-0.1, -0.05) is 54.1 Å². The molecule has 2 heterocycles. The number of halogens is 1. The lowest BCUT2D eigenvalue weighted by molar-refractivity contribution is 0.168. The zero-order valence-corrected chi connectivity index (χ0v) is 23.2. The van der Waals surface area contributed by atoms with E-state index in [1.165, 1.54) is 0 Å². The lowest BCUT2D eigenvalue weighted by atomic mass is 10.0. The Kier molecular flexibility index (Phi) is 7.91. The van der Waals surface area contributed by atoms with Gasteiger partial charge in [-0.3, -0.25) is 4.90 Å². The second kappa shape index (κ2) is 11.5. The van der Waals surface area contributed by atoms with Gasteiger partial charge in [0.25, 0.3) is 0 Å². The van der Waals surface area contributed by atoms with Crippen LogP contribution in [-0.2, 0) is 20.1 Å². The number of imidazole rings is 1. The van der Waals surface area contributed by atoms with Gasteiger partial charge in [0.1, 0.15) is 24.8 Å². The molecule has 6 nitrogen and oxygen atoms in total. The summed E-state index contributed by atoms with van der Waals surface area (Å²) in [5.41, 5.74) is 5.53. The SMILES string of the molecule is CCOc1cccc(CN(Cc2c(Cl)nc(-c3ccccc3C)n2C)C(C)c2ccc3c(c2)OCCO3)c1. The van der Waals surface area contributed by atoms with Crippen LogP contribution in [-0.4, -0.2) is 34.3 Å². The molecule has 1 unspecified atom stereocenters. The number of hydrogen-bond acceptors (Lipinski definition) is 5. The fraction of sp³-hybridized carbons (Fsp3) is 0.323. The first-order valence-electron chi connectivity index (χ1n) is 13.1. The number of hydrogen-bond donors (Lipinski definition) is 0. The van der Waals surface area contributed by atoms with Gasteiger partial charge in [-0.05, 0) is 61.7 Å². The van der Waals surface area contributed by atoms with Crippen LogP contribution < -0.4 is 14.2 Å². The highest BCUT2D eigenvalue weighted by Gasteiger charge is 2.24. The van der Waals surface area contributed by atoms with Crippen molar-refractivity contribution in [3.63, 3.8) is 0 Å². The van der Waals surface area contributed by atoms with Gasteiger partial charge in [0.15, 0.2) is 16.7 Å². The second-order valence-corrected chi connectivity index (χ2v) is 9.97.